The molecule has 24 heavy (non-hydrogen) atoms. The third-order valence-electron chi connectivity index (χ3n) is 3.36. The van der Waals surface area contributed by atoms with Gasteiger partial charge < -0.3 is 19.6 Å². The number of carbonyl (C=O) groups is 1. The van der Waals surface area contributed by atoms with Gasteiger partial charge in [0.25, 0.3) is 4.84 Å². The van der Waals surface area contributed by atoms with Crippen LogP contribution in [0.15, 0.2) is 46.4 Å². The highest BCUT2D eigenvalue weighted by molar-refractivity contribution is 7.71. The second-order valence-corrected chi connectivity index (χ2v) is 5.34. The molecule has 0 fully saturated rings. The van der Waals surface area contributed by atoms with Crippen LogP contribution in [0.4, 0.5) is 0 Å². The van der Waals surface area contributed by atoms with Crippen LogP contribution < -0.4 is 0 Å². The number of ketones is 1. The van der Waals surface area contributed by atoms with Crippen LogP contribution in [0.1, 0.15) is 15.9 Å². The Labute approximate surface area is 140 Å². The average Bonchev–Trinajstić information content (AvgIpc) is 2.93. The zero-order valence-corrected chi connectivity index (χ0v) is 12.9. The van der Waals surface area contributed by atoms with Gasteiger partial charge in [-0.3, -0.25) is 4.79 Å². The zero-order chi connectivity index (χ0) is 17.3. The van der Waals surface area contributed by atoms with Crippen molar-refractivity contribution in [3.05, 3.63) is 57.9 Å². The molecule has 0 spiro atoms. The number of H-pyrrole nitrogens is 1. The Morgan fingerprint density at radius 1 is 1.21 bits per heavy atom. The number of Topliss-reactive ketones (excluding diaryl/α,β-unsaturated/α-hetero) is 1. The molecular formula is C17H10N2O4S. The van der Waals surface area contributed by atoms with E-state index in [0.717, 1.165) is 6.07 Å². The summed E-state index contributed by atoms with van der Waals surface area (Å²) in [7, 11) is 0. The molecule has 7 heteroatoms. The minimum atomic E-state index is -0.562. The van der Waals surface area contributed by atoms with Gasteiger partial charge in [-0.1, -0.05) is 6.07 Å². The number of nitriles is 1. The summed E-state index contributed by atoms with van der Waals surface area (Å²) >= 11 is 4.91. The average molecular weight is 338 g/mol. The molecular weight excluding hydrogens is 328 g/mol. The van der Waals surface area contributed by atoms with Gasteiger partial charge in [-0.15, -0.1) is 0 Å². The van der Waals surface area contributed by atoms with Crippen molar-refractivity contribution in [1.29, 1.82) is 5.26 Å². The summed E-state index contributed by atoms with van der Waals surface area (Å²) in [5, 5.41) is 28.0. The number of aromatic nitrogens is 1. The fourth-order valence-electron chi connectivity index (χ4n) is 2.19. The fraction of sp³-hybridized carbons (Fsp3) is 0. The molecule has 0 radical (unpaired) electrons. The van der Waals surface area contributed by atoms with E-state index in [1.54, 1.807) is 18.2 Å². The lowest BCUT2D eigenvalue weighted by molar-refractivity contribution is 0.103. The Kier molecular flexibility index (Phi) is 3.90. The molecule has 0 unspecified atom stereocenters. The number of hydrogen-bond donors (Lipinski definition) is 3. The van der Waals surface area contributed by atoms with Crippen molar-refractivity contribution in [3.8, 4) is 17.6 Å². The first-order chi connectivity index (χ1) is 11.5. The van der Waals surface area contributed by atoms with Gasteiger partial charge in [0.05, 0.1) is 5.52 Å². The molecule has 3 rings (SSSR count). The van der Waals surface area contributed by atoms with E-state index in [1.165, 1.54) is 18.2 Å². The van der Waals surface area contributed by atoms with Gasteiger partial charge in [-0.25, -0.2) is 0 Å². The number of rotatable bonds is 3. The second-order valence-electron chi connectivity index (χ2n) is 4.97. The Bertz CT molecular complexity index is 1090. The number of oxazole rings is 1. The van der Waals surface area contributed by atoms with E-state index in [1.807, 2.05) is 6.07 Å². The molecule has 0 aliphatic heterocycles. The number of fused-ring (bicyclic) bond motifs is 1. The Morgan fingerprint density at radius 3 is 2.71 bits per heavy atom. The molecule has 0 bridgehead atoms. The van der Waals surface area contributed by atoms with Gasteiger partial charge in [-0.2, -0.15) is 5.26 Å². The number of phenols is 2. The van der Waals surface area contributed by atoms with E-state index in [0.29, 0.717) is 16.7 Å². The number of aromatic amines is 1. The number of benzene rings is 2. The number of nitrogens with zero attached hydrogens (tertiary/aromatic N) is 1. The molecule has 1 aromatic heterocycles. The minimum Gasteiger partial charge on any atom is -0.504 e. The molecule has 2 aromatic carbocycles. The topological polar surface area (TPSA) is 110 Å². The Morgan fingerprint density at radius 2 is 2.00 bits per heavy atom. The van der Waals surface area contributed by atoms with Gasteiger partial charge in [-0.05, 0) is 54.2 Å². The van der Waals surface area contributed by atoms with Crippen molar-refractivity contribution in [1.82, 2.24) is 4.98 Å². The lowest BCUT2D eigenvalue weighted by atomic mass is 10.0. The molecule has 0 saturated heterocycles. The third-order valence-corrected chi connectivity index (χ3v) is 3.54. The summed E-state index contributed by atoms with van der Waals surface area (Å²) in [5.74, 6) is -1.33. The summed E-state index contributed by atoms with van der Waals surface area (Å²) in [6.07, 6.45) is 1.43. The lowest BCUT2D eigenvalue weighted by Gasteiger charge is -2.02. The maximum Gasteiger partial charge on any atom is 0.266 e. The molecule has 0 saturated carbocycles. The van der Waals surface area contributed by atoms with Crippen molar-refractivity contribution >= 4 is 35.2 Å². The summed E-state index contributed by atoms with van der Waals surface area (Å²) in [6, 6.07) is 10.6. The smallest absolute Gasteiger partial charge is 0.266 e. The van der Waals surface area contributed by atoms with Crippen LogP contribution in [-0.2, 0) is 0 Å². The molecule has 6 nitrogen and oxygen atoms in total. The largest absolute Gasteiger partial charge is 0.504 e. The molecule has 0 aliphatic carbocycles. The molecule has 0 aliphatic rings. The molecule has 118 valence electrons. The second kappa shape index (κ2) is 6.02. The number of carbonyl (C=O) groups excluding carboxylic acids is 1. The summed E-state index contributed by atoms with van der Waals surface area (Å²) in [5.41, 5.74) is 1.83. The van der Waals surface area contributed by atoms with Crippen LogP contribution in [0.3, 0.4) is 0 Å². The highest BCUT2D eigenvalue weighted by Crippen LogP contribution is 2.26. The maximum absolute atomic E-state index is 12.4. The van der Waals surface area contributed by atoms with Crippen molar-refractivity contribution in [2.75, 3.05) is 0 Å². The first kappa shape index (κ1) is 15.5. The molecule has 3 N–H and O–H groups in total. The van der Waals surface area contributed by atoms with Crippen molar-refractivity contribution in [2.24, 2.45) is 0 Å². The fourth-order valence-corrected chi connectivity index (χ4v) is 2.39. The maximum atomic E-state index is 12.4. The minimum absolute atomic E-state index is 0.0990. The van der Waals surface area contributed by atoms with Gasteiger partial charge in [0.15, 0.2) is 17.1 Å². The van der Waals surface area contributed by atoms with Crippen molar-refractivity contribution < 1.29 is 19.4 Å². The highest BCUT2D eigenvalue weighted by atomic mass is 32.1. The predicted molar refractivity (Wildman–Crippen MR) is 89.1 cm³/mol. The lowest BCUT2D eigenvalue weighted by Crippen LogP contribution is -2.01. The van der Waals surface area contributed by atoms with E-state index in [-0.39, 0.29) is 21.7 Å². The van der Waals surface area contributed by atoms with E-state index in [9.17, 15) is 20.3 Å². The van der Waals surface area contributed by atoms with Gasteiger partial charge in [0.1, 0.15) is 11.6 Å². The number of nitrogens with one attached hydrogen (secondary N) is 1. The summed E-state index contributed by atoms with van der Waals surface area (Å²) < 4.78 is 5.25. The van der Waals surface area contributed by atoms with E-state index in [2.05, 4.69) is 4.98 Å². The predicted octanol–water partition coefficient (Wildman–Crippen LogP) is 3.69. The van der Waals surface area contributed by atoms with Crippen LogP contribution in [0.5, 0.6) is 11.5 Å². The van der Waals surface area contributed by atoms with Crippen molar-refractivity contribution in [3.63, 3.8) is 0 Å². The number of aromatic hydroxyl groups is 2. The highest BCUT2D eigenvalue weighted by Gasteiger charge is 2.14. The molecule has 1 heterocycles. The zero-order valence-electron chi connectivity index (χ0n) is 12.1. The summed E-state index contributed by atoms with van der Waals surface area (Å²) in [6.45, 7) is 0. The van der Waals surface area contributed by atoms with E-state index in [4.69, 9.17) is 16.6 Å². The van der Waals surface area contributed by atoms with Crippen LogP contribution in [0, 0.1) is 16.2 Å². The molecule has 3 aromatic rings. The van der Waals surface area contributed by atoms with Gasteiger partial charge in [0, 0.05) is 5.56 Å². The monoisotopic (exact) mass is 338 g/mol. The van der Waals surface area contributed by atoms with Crippen molar-refractivity contribution in [2.45, 2.75) is 0 Å². The Hall–Kier alpha value is -3.37. The van der Waals surface area contributed by atoms with Crippen LogP contribution in [0.2, 0.25) is 0 Å². The van der Waals surface area contributed by atoms with Crippen LogP contribution in [0.25, 0.3) is 17.2 Å². The molecule has 0 atom stereocenters. The van der Waals surface area contributed by atoms with Gasteiger partial charge in [0.2, 0.25) is 5.78 Å². The number of phenolic OH excluding ortho intramolecular Hbond substituents is 2. The Balaban J connectivity index is 2.00. The van der Waals surface area contributed by atoms with E-state index >= 15 is 0 Å². The first-order valence-corrected chi connectivity index (χ1v) is 7.20. The summed E-state index contributed by atoms with van der Waals surface area (Å²) in [4.78, 5) is 15.5. The van der Waals surface area contributed by atoms with Gasteiger partial charge >= 0.3 is 0 Å². The third kappa shape index (κ3) is 2.91. The van der Waals surface area contributed by atoms with E-state index < -0.39 is 11.5 Å². The standard InChI is InChI=1S/C17H10N2O4S/c18-8-11(16(22)10-2-3-13(20)14(21)7-10)5-9-1-4-15-12(6-9)19-17(24)23-15/h1-7,20-21H,(H,19,24)/b11-5+. The normalized spacial score (nSPS) is 11.4. The SMILES string of the molecule is N#C/C(=C\c1ccc2oc(=S)[nH]c2c1)C(=O)c1ccc(O)c(O)c1. The van der Waals surface area contributed by atoms with Crippen LogP contribution >= 0.6 is 12.2 Å². The quantitative estimate of drug-likeness (QED) is 0.221. The number of allylic oxidation sites excluding steroid dienone is 1. The number of hydrogen-bond acceptors (Lipinski definition) is 6. The van der Waals surface area contributed by atoms with Crippen LogP contribution in [-0.4, -0.2) is 21.0 Å². The first-order valence-electron chi connectivity index (χ1n) is 6.79. The molecule has 0 amide bonds.